The maximum Gasteiger partial charge on any atom is 0.309 e. The molecule has 0 radical (unpaired) electrons. The van der Waals surface area contributed by atoms with Gasteiger partial charge in [-0.15, -0.1) is 0 Å². The molecule has 0 unspecified atom stereocenters. The van der Waals surface area contributed by atoms with Crippen LogP contribution in [0.4, 0.5) is 0 Å². The van der Waals surface area contributed by atoms with Crippen molar-refractivity contribution in [3.8, 4) is 0 Å². The van der Waals surface area contributed by atoms with Gasteiger partial charge in [0.05, 0.1) is 18.4 Å². The molecule has 2 rings (SSSR count). The summed E-state index contributed by atoms with van der Waals surface area (Å²) >= 11 is 0. The zero-order valence-electron chi connectivity index (χ0n) is 17.4. The number of carbonyl (C=O) groups is 2. The van der Waals surface area contributed by atoms with Gasteiger partial charge in [-0.2, -0.15) is 0 Å². The molecule has 0 heterocycles. The first-order valence-corrected chi connectivity index (χ1v) is 11.6. The maximum atomic E-state index is 12.3. The summed E-state index contributed by atoms with van der Waals surface area (Å²) in [6.07, 6.45) is 17.4. The van der Waals surface area contributed by atoms with Crippen LogP contribution >= 0.6 is 0 Å². The van der Waals surface area contributed by atoms with Crippen molar-refractivity contribution in [3.63, 3.8) is 0 Å². The molecule has 0 bridgehead atoms. The predicted octanol–water partition coefficient (Wildman–Crippen LogP) is 5.96. The number of unbranched alkanes of at least 4 members (excludes halogenated alkanes) is 6. The van der Waals surface area contributed by atoms with Crippen molar-refractivity contribution in [2.24, 2.45) is 11.8 Å². The second-order valence-corrected chi connectivity index (χ2v) is 8.53. The van der Waals surface area contributed by atoms with Gasteiger partial charge in [0, 0.05) is 0 Å². The molecule has 0 aromatic heterocycles. The first-order valence-electron chi connectivity index (χ1n) is 11.6. The Balaban J connectivity index is 1.52. The van der Waals surface area contributed by atoms with Crippen LogP contribution in [-0.2, 0) is 19.1 Å². The van der Waals surface area contributed by atoms with Crippen molar-refractivity contribution < 1.29 is 19.1 Å². The van der Waals surface area contributed by atoms with Crippen molar-refractivity contribution in [1.29, 1.82) is 0 Å². The van der Waals surface area contributed by atoms with E-state index in [0.717, 1.165) is 51.4 Å². The van der Waals surface area contributed by atoms with Crippen LogP contribution in [0.5, 0.6) is 0 Å². The third kappa shape index (κ3) is 8.66. The molecular formula is C23H40O4. The standard InChI is InChI=1S/C23H40O4/c1-2-3-4-5-6-7-11-18-26-22(24)19-14-16-20(17-15-19)23(25)27-21-12-9-8-10-13-21/h19-21H,2-18H2,1H3. The average molecular weight is 381 g/mol. The summed E-state index contributed by atoms with van der Waals surface area (Å²) in [5.41, 5.74) is 0. The van der Waals surface area contributed by atoms with Crippen LogP contribution in [-0.4, -0.2) is 24.6 Å². The van der Waals surface area contributed by atoms with Crippen LogP contribution in [0, 0.1) is 11.8 Å². The number of hydrogen-bond donors (Lipinski definition) is 0. The van der Waals surface area contributed by atoms with Crippen LogP contribution < -0.4 is 0 Å². The number of hydrogen-bond acceptors (Lipinski definition) is 4. The van der Waals surface area contributed by atoms with E-state index in [1.807, 2.05) is 0 Å². The van der Waals surface area contributed by atoms with Crippen LogP contribution in [0.2, 0.25) is 0 Å². The Morgan fingerprint density at radius 2 is 1.26 bits per heavy atom. The van der Waals surface area contributed by atoms with E-state index in [4.69, 9.17) is 9.47 Å². The normalized spacial score (nSPS) is 23.7. The third-order valence-electron chi connectivity index (χ3n) is 6.22. The molecule has 156 valence electrons. The van der Waals surface area contributed by atoms with Crippen LogP contribution in [0.15, 0.2) is 0 Å². The molecule has 0 atom stereocenters. The van der Waals surface area contributed by atoms with Crippen LogP contribution in [0.25, 0.3) is 0 Å². The Labute approximate surface area is 165 Å². The van der Waals surface area contributed by atoms with Crippen molar-refractivity contribution in [2.75, 3.05) is 6.61 Å². The van der Waals surface area contributed by atoms with Gasteiger partial charge in [-0.1, -0.05) is 51.9 Å². The largest absolute Gasteiger partial charge is 0.465 e. The van der Waals surface area contributed by atoms with E-state index in [9.17, 15) is 9.59 Å². The number of rotatable bonds is 11. The molecule has 0 aliphatic heterocycles. The molecule has 2 aliphatic rings. The Bertz CT molecular complexity index is 420. The third-order valence-corrected chi connectivity index (χ3v) is 6.22. The fourth-order valence-corrected chi connectivity index (χ4v) is 4.36. The van der Waals surface area contributed by atoms with E-state index in [0.29, 0.717) is 6.61 Å². The summed E-state index contributed by atoms with van der Waals surface area (Å²) in [6, 6.07) is 0. The summed E-state index contributed by atoms with van der Waals surface area (Å²) in [7, 11) is 0. The molecule has 0 saturated heterocycles. The molecule has 2 saturated carbocycles. The van der Waals surface area contributed by atoms with Gasteiger partial charge in [0.1, 0.15) is 6.10 Å². The van der Waals surface area contributed by atoms with Gasteiger partial charge in [-0.25, -0.2) is 0 Å². The minimum atomic E-state index is -0.0555. The van der Waals surface area contributed by atoms with E-state index >= 15 is 0 Å². The van der Waals surface area contributed by atoms with Gasteiger partial charge < -0.3 is 9.47 Å². The first kappa shape index (κ1) is 22.2. The van der Waals surface area contributed by atoms with E-state index in [1.165, 1.54) is 51.4 Å². The Kier molecular flexibility index (Phi) is 10.8. The van der Waals surface area contributed by atoms with Gasteiger partial charge in [0.25, 0.3) is 0 Å². The van der Waals surface area contributed by atoms with Crippen LogP contribution in [0.1, 0.15) is 110 Å². The second kappa shape index (κ2) is 13.2. The second-order valence-electron chi connectivity index (χ2n) is 8.53. The van der Waals surface area contributed by atoms with Gasteiger partial charge in [0.15, 0.2) is 0 Å². The van der Waals surface area contributed by atoms with E-state index in [-0.39, 0.29) is 29.9 Å². The van der Waals surface area contributed by atoms with Crippen molar-refractivity contribution in [3.05, 3.63) is 0 Å². The lowest BCUT2D eigenvalue weighted by Gasteiger charge is -2.28. The Hall–Kier alpha value is -1.06. The predicted molar refractivity (Wildman–Crippen MR) is 107 cm³/mol. The lowest BCUT2D eigenvalue weighted by Crippen LogP contribution is -2.31. The van der Waals surface area contributed by atoms with Gasteiger partial charge in [-0.3, -0.25) is 9.59 Å². The van der Waals surface area contributed by atoms with E-state index in [2.05, 4.69) is 6.92 Å². The number of ether oxygens (including phenoxy) is 2. The Morgan fingerprint density at radius 3 is 1.89 bits per heavy atom. The molecule has 4 nitrogen and oxygen atoms in total. The molecule has 4 heteroatoms. The molecule has 2 fully saturated rings. The van der Waals surface area contributed by atoms with Gasteiger partial charge in [-0.05, 0) is 57.8 Å². The highest BCUT2D eigenvalue weighted by molar-refractivity contribution is 5.75. The molecule has 0 spiro atoms. The number of carbonyl (C=O) groups excluding carboxylic acids is 2. The van der Waals surface area contributed by atoms with Crippen molar-refractivity contribution in [1.82, 2.24) is 0 Å². The molecule has 0 aromatic carbocycles. The van der Waals surface area contributed by atoms with Gasteiger partial charge in [0.2, 0.25) is 0 Å². The topological polar surface area (TPSA) is 52.6 Å². The summed E-state index contributed by atoms with van der Waals surface area (Å²) in [4.78, 5) is 24.6. The Morgan fingerprint density at radius 1 is 0.704 bits per heavy atom. The highest BCUT2D eigenvalue weighted by Gasteiger charge is 2.32. The molecule has 0 amide bonds. The first-order chi connectivity index (χ1) is 13.2. The van der Waals surface area contributed by atoms with E-state index < -0.39 is 0 Å². The van der Waals surface area contributed by atoms with E-state index in [1.54, 1.807) is 0 Å². The summed E-state index contributed by atoms with van der Waals surface area (Å²) in [6.45, 7) is 2.78. The zero-order chi connectivity index (χ0) is 19.3. The summed E-state index contributed by atoms with van der Waals surface area (Å²) < 4.78 is 11.2. The molecule has 2 aliphatic carbocycles. The fraction of sp³-hybridized carbons (Fsp3) is 0.913. The lowest BCUT2D eigenvalue weighted by atomic mass is 9.82. The lowest BCUT2D eigenvalue weighted by molar-refractivity contribution is -0.159. The SMILES string of the molecule is CCCCCCCCCOC(=O)C1CCC(C(=O)OC2CCCCC2)CC1. The summed E-state index contributed by atoms with van der Waals surface area (Å²) in [5, 5.41) is 0. The maximum absolute atomic E-state index is 12.3. The minimum absolute atomic E-state index is 0.0147. The monoisotopic (exact) mass is 380 g/mol. The molecule has 0 N–H and O–H groups in total. The fourth-order valence-electron chi connectivity index (χ4n) is 4.36. The van der Waals surface area contributed by atoms with Crippen molar-refractivity contribution in [2.45, 2.75) is 116 Å². The highest BCUT2D eigenvalue weighted by atomic mass is 16.5. The zero-order valence-corrected chi connectivity index (χ0v) is 17.4. The average Bonchev–Trinajstić information content (AvgIpc) is 2.70. The molecule has 27 heavy (non-hydrogen) atoms. The quantitative estimate of drug-likeness (QED) is 0.328. The van der Waals surface area contributed by atoms with Crippen molar-refractivity contribution >= 4 is 11.9 Å². The highest BCUT2D eigenvalue weighted by Crippen LogP contribution is 2.31. The molecule has 0 aromatic rings. The van der Waals surface area contributed by atoms with Gasteiger partial charge >= 0.3 is 11.9 Å². The van der Waals surface area contributed by atoms with Crippen LogP contribution in [0.3, 0.4) is 0 Å². The minimum Gasteiger partial charge on any atom is -0.465 e. The number of esters is 2. The smallest absolute Gasteiger partial charge is 0.309 e. The molecular weight excluding hydrogens is 340 g/mol. The summed E-state index contributed by atoms with van der Waals surface area (Å²) in [5.74, 6) is -0.121.